The summed E-state index contributed by atoms with van der Waals surface area (Å²) >= 11 is 0. The van der Waals surface area contributed by atoms with Gasteiger partial charge in [-0.2, -0.15) is 13.2 Å². The molecule has 0 aliphatic carbocycles. The van der Waals surface area contributed by atoms with Crippen molar-refractivity contribution in [1.29, 1.82) is 0 Å². The zero-order valence-corrected chi connectivity index (χ0v) is 12.8. The summed E-state index contributed by atoms with van der Waals surface area (Å²) in [7, 11) is 0. The molecule has 7 heteroatoms. The number of ether oxygens (including phenoxy) is 1. The summed E-state index contributed by atoms with van der Waals surface area (Å²) < 4.78 is 43.0. The van der Waals surface area contributed by atoms with Crippen molar-refractivity contribution in [2.75, 3.05) is 19.6 Å². The number of piperidine rings is 1. The molecule has 1 fully saturated rings. The molecular formula is C16H21F3N2O2. The number of nitrogens with zero attached hydrogens (tertiary/aromatic N) is 1. The Morgan fingerprint density at radius 1 is 1.35 bits per heavy atom. The lowest BCUT2D eigenvalue weighted by Gasteiger charge is -2.35. The SMILES string of the molecule is NC(=O)O[C@@H](CN1CCC[C@H](Cc2ccccc2)C1)C(F)(F)F. The minimum atomic E-state index is -4.61. The van der Waals surface area contributed by atoms with E-state index >= 15 is 0 Å². The molecule has 1 aromatic rings. The fourth-order valence-electron chi connectivity index (χ4n) is 3.01. The molecule has 2 N–H and O–H groups in total. The van der Waals surface area contributed by atoms with Crippen LogP contribution in [-0.4, -0.2) is 42.9 Å². The number of primary amides is 1. The zero-order chi connectivity index (χ0) is 16.9. The number of likely N-dealkylation sites (tertiary alicyclic amines) is 1. The van der Waals surface area contributed by atoms with Crippen LogP contribution in [0.5, 0.6) is 0 Å². The smallest absolute Gasteiger partial charge is 0.426 e. The fraction of sp³-hybridized carbons (Fsp3) is 0.562. The van der Waals surface area contributed by atoms with Crippen LogP contribution in [0.15, 0.2) is 30.3 Å². The Morgan fingerprint density at radius 3 is 2.65 bits per heavy atom. The van der Waals surface area contributed by atoms with Gasteiger partial charge in [-0.05, 0) is 37.3 Å². The summed E-state index contributed by atoms with van der Waals surface area (Å²) in [4.78, 5) is 12.4. The molecule has 0 radical (unpaired) electrons. The van der Waals surface area contributed by atoms with Crippen LogP contribution >= 0.6 is 0 Å². The van der Waals surface area contributed by atoms with Crippen molar-refractivity contribution in [3.05, 3.63) is 35.9 Å². The maximum Gasteiger partial charge on any atom is 0.426 e. The second-order valence-corrected chi connectivity index (χ2v) is 5.92. The topological polar surface area (TPSA) is 55.6 Å². The maximum absolute atomic E-state index is 12.9. The van der Waals surface area contributed by atoms with Crippen molar-refractivity contribution >= 4 is 6.09 Å². The lowest BCUT2D eigenvalue weighted by Crippen LogP contribution is -2.47. The molecule has 1 amide bonds. The van der Waals surface area contributed by atoms with Crippen LogP contribution in [-0.2, 0) is 11.2 Å². The maximum atomic E-state index is 12.9. The number of benzene rings is 1. The second kappa shape index (κ2) is 7.68. The predicted molar refractivity (Wildman–Crippen MR) is 79.8 cm³/mol. The minimum absolute atomic E-state index is 0.300. The number of amides is 1. The summed E-state index contributed by atoms with van der Waals surface area (Å²) in [6.07, 6.45) is -5.52. The predicted octanol–water partition coefficient (Wildman–Crippen LogP) is 2.97. The van der Waals surface area contributed by atoms with E-state index in [0.717, 1.165) is 19.3 Å². The number of nitrogens with two attached hydrogens (primary N) is 1. The van der Waals surface area contributed by atoms with Gasteiger partial charge in [0.15, 0.2) is 0 Å². The zero-order valence-electron chi connectivity index (χ0n) is 12.8. The molecule has 1 aliphatic rings. The highest BCUT2D eigenvalue weighted by molar-refractivity contribution is 5.64. The Kier molecular flexibility index (Phi) is 5.87. The van der Waals surface area contributed by atoms with Crippen molar-refractivity contribution < 1.29 is 22.7 Å². The first-order chi connectivity index (χ1) is 10.8. The van der Waals surface area contributed by atoms with E-state index in [1.165, 1.54) is 5.56 Å². The van der Waals surface area contributed by atoms with Crippen LogP contribution in [0.2, 0.25) is 0 Å². The molecule has 0 aromatic heterocycles. The first-order valence-corrected chi connectivity index (χ1v) is 7.63. The van der Waals surface area contributed by atoms with Crippen LogP contribution in [0.3, 0.4) is 0 Å². The lowest BCUT2D eigenvalue weighted by atomic mass is 9.91. The summed E-state index contributed by atoms with van der Waals surface area (Å²) in [6, 6.07) is 9.89. The molecule has 23 heavy (non-hydrogen) atoms. The molecule has 1 saturated heterocycles. The molecule has 1 aromatic carbocycles. The van der Waals surface area contributed by atoms with Gasteiger partial charge in [0.25, 0.3) is 0 Å². The van der Waals surface area contributed by atoms with Crippen molar-refractivity contribution in [2.45, 2.75) is 31.5 Å². The number of carbonyl (C=O) groups is 1. The largest absolute Gasteiger partial charge is 0.435 e. The first-order valence-electron chi connectivity index (χ1n) is 7.63. The van der Waals surface area contributed by atoms with Crippen molar-refractivity contribution in [3.63, 3.8) is 0 Å². The molecule has 128 valence electrons. The Morgan fingerprint density at radius 2 is 2.04 bits per heavy atom. The summed E-state index contributed by atoms with van der Waals surface area (Å²) in [6.45, 7) is 0.765. The van der Waals surface area contributed by atoms with E-state index in [-0.39, 0.29) is 6.54 Å². The number of hydrogen-bond donors (Lipinski definition) is 1. The number of carbonyl (C=O) groups excluding carboxylic acids is 1. The minimum Gasteiger partial charge on any atom is -0.435 e. The van der Waals surface area contributed by atoms with Crippen LogP contribution in [0.4, 0.5) is 18.0 Å². The second-order valence-electron chi connectivity index (χ2n) is 5.92. The van der Waals surface area contributed by atoms with E-state index in [2.05, 4.69) is 4.74 Å². The third kappa shape index (κ3) is 5.74. The Labute approximate surface area is 133 Å². The average molecular weight is 330 g/mol. The summed E-state index contributed by atoms with van der Waals surface area (Å²) in [5.74, 6) is 0.300. The van der Waals surface area contributed by atoms with Crippen LogP contribution in [0.25, 0.3) is 0 Å². The van der Waals surface area contributed by atoms with Gasteiger partial charge in [0.05, 0.1) is 0 Å². The molecule has 2 atom stereocenters. The molecule has 0 spiro atoms. The third-order valence-electron chi connectivity index (χ3n) is 4.02. The van der Waals surface area contributed by atoms with Gasteiger partial charge in [0.1, 0.15) is 0 Å². The molecule has 0 unspecified atom stereocenters. The molecule has 4 nitrogen and oxygen atoms in total. The van der Waals surface area contributed by atoms with Crippen molar-refractivity contribution in [3.8, 4) is 0 Å². The van der Waals surface area contributed by atoms with E-state index in [1.54, 1.807) is 4.90 Å². The Balaban J connectivity index is 1.93. The Hall–Kier alpha value is -1.76. The van der Waals surface area contributed by atoms with Gasteiger partial charge in [-0.15, -0.1) is 0 Å². The van der Waals surface area contributed by atoms with Gasteiger partial charge in [0.2, 0.25) is 6.10 Å². The molecule has 0 saturated carbocycles. The van der Waals surface area contributed by atoms with Gasteiger partial charge >= 0.3 is 12.3 Å². The van der Waals surface area contributed by atoms with Crippen LogP contribution in [0, 0.1) is 5.92 Å². The monoisotopic (exact) mass is 330 g/mol. The van der Waals surface area contributed by atoms with Crippen molar-refractivity contribution in [2.24, 2.45) is 11.7 Å². The van der Waals surface area contributed by atoms with Gasteiger partial charge in [0, 0.05) is 13.1 Å². The molecule has 1 aliphatic heterocycles. The molecular weight excluding hydrogens is 309 g/mol. The van der Waals surface area contributed by atoms with Crippen LogP contribution < -0.4 is 5.73 Å². The number of alkyl halides is 3. The highest BCUT2D eigenvalue weighted by Gasteiger charge is 2.44. The Bertz CT molecular complexity index is 508. The highest BCUT2D eigenvalue weighted by Crippen LogP contribution is 2.26. The summed E-state index contributed by atoms with van der Waals surface area (Å²) in [5.41, 5.74) is 5.93. The number of hydrogen-bond acceptors (Lipinski definition) is 3. The lowest BCUT2D eigenvalue weighted by molar-refractivity contribution is -0.208. The van der Waals surface area contributed by atoms with E-state index in [9.17, 15) is 18.0 Å². The van der Waals surface area contributed by atoms with Crippen LogP contribution in [0.1, 0.15) is 18.4 Å². The average Bonchev–Trinajstić information content (AvgIpc) is 2.46. The standard InChI is InChI=1S/C16H21F3N2O2/c17-16(18,19)14(23-15(20)22)11-21-8-4-7-13(10-21)9-12-5-2-1-3-6-12/h1-3,5-6,13-14H,4,7-11H2,(H2,20,22)/t13-,14+/m1/s1. The quantitative estimate of drug-likeness (QED) is 0.903. The van der Waals surface area contributed by atoms with E-state index in [0.29, 0.717) is 19.0 Å². The van der Waals surface area contributed by atoms with Crippen molar-refractivity contribution in [1.82, 2.24) is 4.90 Å². The fourth-order valence-corrected chi connectivity index (χ4v) is 3.01. The van der Waals surface area contributed by atoms with Gasteiger partial charge in [-0.1, -0.05) is 30.3 Å². The number of rotatable bonds is 5. The third-order valence-corrected chi connectivity index (χ3v) is 4.02. The normalized spacial score (nSPS) is 20.9. The summed E-state index contributed by atoms with van der Waals surface area (Å²) in [5, 5.41) is 0. The van der Waals surface area contributed by atoms with E-state index in [1.807, 2.05) is 30.3 Å². The number of halogens is 3. The van der Waals surface area contributed by atoms with Gasteiger partial charge < -0.3 is 10.5 Å². The molecule has 1 heterocycles. The molecule has 0 bridgehead atoms. The van der Waals surface area contributed by atoms with E-state index < -0.39 is 18.4 Å². The molecule has 2 rings (SSSR count). The van der Waals surface area contributed by atoms with Gasteiger partial charge in [-0.25, -0.2) is 4.79 Å². The first kappa shape index (κ1) is 17.6. The van der Waals surface area contributed by atoms with E-state index in [4.69, 9.17) is 5.73 Å². The highest BCUT2D eigenvalue weighted by atomic mass is 19.4. The van der Waals surface area contributed by atoms with Gasteiger partial charge in [-0.3, -0.25) is 4.90 Å².